The third kappa shape index (κ3) is 4.64. The van der Waals surface area contributed by atoms with Gasteiger partial charge in [0.05, 0.1) is 6.61 Å². The Kier molecular flexibility index (Phi) is 5.66. The Bertz CT molecular complexity index is 741. The first-order valence-corrected chi connectivity index (χ1v) is 7.32. The standard InChI is InChI=1S/C13H12O6S.K/c14-20(15,16)19-13-6-5-12(18-8-9-7-17-9)10-3-1-2-4-11(10)13;/h1-6,9H,7-8H2,(H,14,15,16);. The van der Waals surface area contributed by atoms with Gasteiger partial charge in [-0.05, 0) is 12.1 Å². The van der Waals surface area contributed by atoms with Crippen LogP contribution in [0, 0.1) is 0 Å². The van der Waals surface area contributed by atoms with Crippen molar-refractivity contribution in [2.75, 3.05) is 13.2 Å². The molecule has 1 saturated heterocycles. The van der Waals surface area contributed by atoms with E-state index in [-0.39, 0.29) is 63.2 Å². The second-order valence-corrected chi connectivity index (χ2v) is 5.41. The molecule has 107 valence electrons. The third-order valence-corrected chi connectivity index (χ3v) is 3.26. The molecule has 1 N–H and O–H groups in total. The zero-order valence-electron chi connectivity index (χ0n) is 11.4. The summed E-state index contributed by atoms with van der Waals surface area (Å²) in [6.07, 6.45) is 0.127. The van der Waals surface area contributed by atoms with E-state index in [2.05, 4.69) is 4.18 Å². The Morgan fingerprint density at radius 3 is 2.29 bits per heavy atom. The molecule has 1 aliphatic rings. The largest absolute Gasteiger partial charge is 0.490 e. The predicted octanol–water partition coefficient (Wildman–Crippen LogP) is 1.42. The summed E-state index contributed by atoms with van der Waals surface area (Å²) < 4.78 is 45.7. The van der Waals surface area contributed by atoms with Crippen molar-refractivity contribution >= 4 is 72.6 Å². The van der Waals surface area contributed by atoms with Gasteiger partial charge in [-0.15, -0.1) is 0 Å². The monoisotopic (exact) mass is 335 g/mol. The summed E-state index contributed by atoms with van der Waals surface area (Å²) >= 11 is 0. The maximum atomic E-state index is 10.8. The molecule has 1 radical (unpaired) electrons. The Balaban J connectivity index is 0.00000161. The predicted molar refractivity (Wildman–Crippen MR) is 77.1 cm³/mol. The zero-order chi connectivity index (χ0) is 14.2. The summed E-state index contributed by atoms with van der Waals surface area (Å²) in [4.78, 5) is 0. The fraction of sp³-hybridized carbons (Fsp3) is 0.231. The van der Waals surface area contributed by atoms with E-state index in [1.54, 1.807) is 30.3 Å². The molecule has 3 rings (SSSR count). The van der Waals surface area contributed by atoms with E-state index >= 15 is 0 Å². The number of rotatable bonds is 5. The molecule has 1 unspecified atom stereocenters. The Labute approximate surface area is 164 Å². The zero-order valence-corrected chi connectivity index (χ0v) is 15.3. The number of hydrogen-bond donors (Lipinski definition) is 1. The van der Waals surface area contributed by atoms with Crippen LogP contribution in [0.1, 0.15) is 0 Å². The molecule has 1 fully saturated rings. The summed E-state index contributed by atoms with van der Waals surface area (Å²) in [5.41, 5.74) is 0. The molecule has 0 saturated carbocycles. The van der Waals surface area contributed by atoms with Crippen molar-refractivity contribution in [3.8, 4) is 11.5 Å². The average molecular weight is 335 g/mol. The molecule has 0 spiro atoms. The van der Waals surface area contributed by atoms with Crippen LogP contribution in [-0.2, 0) is 15.1 Å². The van der Waals surface area contributed by atoms with Crippen molar-refractivity contribution in [1.29, 1.82) is 0 Å². The Morgan fingerprint density at radius 2 is 1.71 bits per heavy atom. The van der Waals surface area contributed by atoms with Crippen molar-refractivity contribution in [3.05, 3.63) is 36.4 Å². The quantitative estimate of drug-likeness (QED) is 0.505. The Hall–Kier alpha value is -0.194. The smallest absolute Gasteiger partial charge is 0.446 e. The van der Waals surface area contributed by atoms with Gasteiger partial charge in [0.1, 0.15) is 18.5 Å². The van der Waals surface area contributed by atoms with E-state index in [4.69, 9.17) is 14.0 Å². The molecule has 21 heavy (non-hydrogen) atoms. The van der Waals surface area contributed by atoms with Crippen molar-refractivity contribution < 1.29 is 26.6 Å². The summed E-state index contributed by atoms with van der Waals surface area (Å²) in [7, 11) is -4.56. The maximum Gasteiger partial charge on any atom is 0.446 e. The molecule has 2 aromatic rings. The van der Waals surface area contributed by atoms with E-state index in [0.29, 0.717) is 29.7 Å². The van der Waals surface area contributed by atoms with E-state index in [1.807, 2.05) is 0 Å². The van der Waals surface area contributed by atoms with Crippen LogP contribution >= 0.6 is 0 Å². The molecule has 1 heterocycles. The number of epoxide rings is 1. The molecule has 0 aliphatic carbocycles. The summed E-state index contributed by atoms with van der Waals surface area (Å²) in [6.45, 7) is 1.14. The van der Waals surface area contributed by atoms with Gasteiger partial charge in [-0.25, -0.2) is 0 Å². The molecule has 0 aromatic heterocycles. The molecule has 2 aromatic carbocycles. The van der Waals surface area contributed by atoms with Crippen molar-refractivity contribution in [1.82, 2.24) is 0 Å². The Morgan fingerprint density at radius 1 is 1.14 bits per heavy atom. The van der Waals surface area contributed by atoms with Gasteiger partial charge in [-0.2, -0.15) is 8.42 Å². The van der Waals surface area contributed by atoms with E-state index < -0.39 is 10.4 Å². The number of ether oxygens (including phenoxy) is 2. The van der Waals surface area contributed by atoms with Crippen molar-refractivity contribution in [2.45, 2.75) is 6.10 Å². The minimum atomic E-state index is -4.56. The minimum Gasteiger partial charge on any atom is -0.490 e. The fourth-order valence-electron chi connectivity index (χ4n) is 1.90. The molecule has 6 nitrogen and oxygen atoms in total. The number of benzene rings is 2. The first-order valence-electron chi connectivity index (χ1n) is 5.96. The van der Waals surface area contributed by atoms with Crippen LogP contribution in [0.3, 0.4) is 0 Å². The van der Waals surface area contributed by atoms with Crippen molar-refractivity contribution in [2.24, 2.45) is 0 Å². The topological polar surface area (TPSA) is 85.4 Å². The van der Waals surface area contributed by atoms with Crippen LogP contribution in [0.4, 0.5) is 0 Å². The summed E-state index contributed by atoms with van der Waals surface area (Å²) in [6, 6.07) is 10.1. The molecule has 0 amide bonds. The van der Waals surface area contributed by atoms with Gasteiger partial charge in [0.25, 0.3) is 0 Å². The summed E-state index contributed by atoms with van der Waals surface area (Å²) in [5.74, 6) is 0.664. The third-order valence-electron chi connectivity index (χ3n) is 2.87. The normalized spacial score (nSPS) is 17.1. The van der Waals surface area contributed by atoms with Crippen LogP contribution in [0.2, 0.25) is 0 Å². The van der Waals surface area contributed by atoms with Crippen LogP contribution in [0.25, 0.3) is 10.8 Å². The number of hydrogen-bond acceptors (Lipinski definition) is 5. The van der Waals surface area contributed by atoms with Crippen LogP contribution in [-0.4, -0.2) is 83.7 Å². The second kappa shape index (κ2) is 6.92. The SMILES string of the molecule is O=S(=O)(O)Oc1ccc(OCC2CO2)c2ccccc12.[K]. The van der Waals surface area contributed by atoms with Crippen LogP contribution in [0.5, 0.6) is 11.5 Å². The second-order valence-electron chi connectivity index (χ2n) is 4.38. The van der Waals surface area contributed by atoms with Crippen LogP contribution < -0.4 is 8.92 Å². The minimum absolute atomic E-state index is 0. The molecule has 1 atom stereocenters. The van der Waals surface area contributed by atoms with E-state index in [1.165, 1.54) is 6.07 Å². The van der Waals surface area contributed by atoms with Gasteiger partial charge in [0, 0.05) is 62.2 Å². The number of fused-ring (bicyclic) bond motifs is 1. The van der Waals surface area contributed by atoms with Gasteiger partial charge >= 0.3 is 10.4 Å². The van der Waals surface area contributed by atoms with Crippen LogP contribution in [0.15, 0.2) is 36.4 Å². The maximum absolute atomic E-state index is 10.8. The molecule has 1 aliphatic heterocycles. The molecular formula is C13H12KO6S. The van der Waals surface area contributed by atoms with Crippen molar-refractivity contribution in [3.63, 3.8) is 0 Å². The average Bonchev–Trinajstić information content (AvgIpc) is 3.20. The van der Waals surface area contributed by atoms with E-state index in [9.17, 15) is 8.42 Å². The molecule has 0 bridgehead atoms. The van der Waals surface area contributed by atoms with Gasteiger partial charge in [0.2, 0.25) is 0 Å². The summed E-state index contributed by atoms with van der Waals surface area (Å²) in [5, 5.41) is 1.24. The first kappa shape index (κ1) is 17.2. The molecular weight excluding hydrogens is 323 g/mol. The van der Waals surface area contributed by atoms with Gasteiger partial charge in [-0.1, -0.05) is 24.3 Å². The van der Waals surface area contributed by atoms with Gasteiger partial charge < -0.3 is 13.7 Å². The van der Waals surface area contributed by atoms with Gasteiger partial charge in [-0.3, -0.25) is 4.55 Å². The molecule has 8 heteroatoms. The first-order chi connectivity index (χ1) is 9.53. The fourth-order valence-corrected chi connectivity index (χ4v) is 2.28. The van der Waals surface area contributed by atoms with Gasteiger partial charge in [0.15, 0.2) is 5.75 Å². The van der Waals surface area contributed by atoms with E-state index in [0.717, 1.165) is 0 Å².